The van der Waals surface area contributed by atoms with Crippen LogP contribution in [0.3, 0.4) is 0 Å². The summed E-state index contributed by atoms with van der Waals surface area (Å²) in [6.07, 6.45) is 2.65. The van der Waals surface area contributed by atoms with Crippen LogP contribution < -0.4 is 4.74 Å². The monoisotopic (exact) mass is 327 g/mol. The highest BCUT2D eigenvalue weighted by Crippen LogP contribution is 2.28. The van der Waals surface area contributed by atoms with Crippen molar-refractivity contribution in [1.82, 2.24) is 15.1 Å². The van der Waals surface area contributed by atoms with Crippen LogP contribution in [0.15, 0.2) is 36.5 Å². The molecule has 0 unspecified atom stereocenters. The summed E-state index contributed by atoms with van der Waals surface area (Å²) in [7, 11) is 2.11. The molecule has 4 rings (SSSR count). The first-order valence-corrected chi connectivity index (χ1v) is 8.29. The quantitative estimate of drug-likeness (QED) is 0.859. The van der Waals surface area contributed by atoms with Gasteiger partial charge < -0.3 is 19.1 Å². The van der Waals surface area contributed by atoms with Gasteiger partial charge in [0.15, 0.2) is 6.29 Å². The fourth-order valence-corrected chi connectivity index (χ4v) is 3.13. The standard InChI is InChI=1S/C18H21N3O3/c1-21-6-5-15(12-21)24-16-10-17(20-19-11-16)13-3-2-4-14(9-13)18-22-7-8-23-18/h2-4,9-11,15,18H,5-8,12H2,1H3/t15-/m0/s1. The lowest BCUT2D eigenvalue weighted by molar-refractivity contribution is -0.0440. The predicted octanol–water partition coefficient (Wildman–Crippen LogP) is 2.27. The highest BCUT2D eigenvalue weighted by Gasteiger charge is 2.22. The van der Waals surface area contributed by atoms with Gasteiger partial charge in [-0.05, 0) is 19.5 Å². The maximum Gasteiger partial charge on any atom is 0.184 e. The van der Waals surface area contributed by atoms with E-state index in [1.807, 2.05) is 30.3 Å². The molecule has 1 atom stereocenters. The molecule has 1 aromatic heterocycles. The van der Waals surface area contributed by atoms with Gasteiger partial charge in [-0.1, -0.05) is 18.2 Å². The Morgan fingerprint density at radius 3 is 2.88 bits per heavy atom. The zero-order valence-corrected chi connectivity index (χ0v) is 13.7. The van der Waals surface area contributed by atoms with Crippen molar-refractivity contribution < 1.29 is 14.2 Å². The lowest BCUT2D eigenvalue weighted by atomic mass is 10.1. The zero-order valence-electron chi connectivity index (χ0n) is 13.7. The van der Waals surface area contributed by atoms with E-state index in [-0.39, 0.29) is 12.4 Å². The highest BCUT2D eigenvalue weighted by atomic mass is 16.7. The Morgan fingerprint density at radius 1 is 1.21 bits per heavy atom. The average Bonchev–Trinajstić information content (AvgIpc) is 3.27. The highest BCUT2D eigenvalue weighted by molar-refractivity contribution is 5.61. The molecule has 0 N–H and O–H groups in total. The molecule has 0 spiro atoms. The second-order valence-electron chi connectivity index (χ2n) is 6.27. The summed E-state index contributed by atoms with van der Waals surface area (Å²) in [4.78, 5) is 2.27. The molecule has 0 radical (unpaired) electrons. The molecule has 0 bridgehead atoms. The van der Waals surface area contributed by atoms with E-state index in [4.69, 9.17) is 14.2 Å². The van der Waals surface area contributed by atoms with Crippen molar-refractivity contribution in [2.24, 2.45) is 0 Å². The Morgan fingerprint density at radius 2 is 2.08 bits per heavy atom. The summed E-state index contributed by atoms with van der Waals surface area (Å²) >= 11 is 0. The fraction of sp³-hybridized carbons (Fsp3) is 0.444. The number of benzene rings is 1. The molecule has 0 amide bonds. The Labute approximate surface area is 141 Å². The van der Waals surface area contributed by atoms with Crippen molar-refractivity contribution in [2.45, 2.75) is 18.8 Å². The van der Waals surface area contributed by atoms with Gasteiger partial charge in [0, 0.05) is 30.3 Å². The zero-order chi connectivity index (χ0) is 16.4. The van der Waals surface area contributed by atoms with Crippen molar-refractivity contribution >= 4 is 0 Å². The van der Waals surface area contributed by atoms with Crippen LogP contribution in [0.5, 0.6) is 5.75 Å². The molecule has 2 aliphatic rings. The van der Waals surface area contributed by atoms with Gasteiger partial charge in [0.05, 0.1) is 25.1 Å². The molecule has 3 heterocycles. The van der Waals surface area contributed by atoms with Crippen LogP contribution in [0.2, 0.25) is 0 Å². The van der Waals surface area contributed by atoms with Gasteiger partial charge in [-0.2, -0.15) is 10.2 Å². The molecular weight excluding hydrogens is 306 g/mol. The van der Waals surface area contributed by atoms with Crippen LogP contribution in [0.25, 0.3) is 11.3 Å². The van der Waals surface area contributed by atoms with Crippen LogP contribution in [-0.2, 0) is 9.47 Å². The Kier molecular flexibility index (Phi) is 4.42. The van der Waals surface area contributed by atoms with E-state index in [1.165, 1.54) is 0 Å². The summed E-state index contributed by atoms with van der Waals surface area (Å²) in [5, 5.41) is 8.34. The number of hydrogen-bond acceptors (Lipinski definition) is 6. The van der Waals surface area contributed by atoms with Gasteiger partial charge >= 0.3 is 0 Å². The molecule has 2 saturated heterocycles. The molecule has 2 aromatic rings. The second kappa shape index (κ2) is 6.84. The number of nitrogens with zero attached hydrogens (tertiary/aromatic N) is 3. The van der Waals surface area contributed by atoms with E-state index < -0.39 is 0 Å². The predicted molar refractivity (Wildman–Crippen MR) is 88.6 cm³/mol. The average molecular weight is 327 g/mol. The van der Waals surface area contributed by atoms with Gasteiger partial charge in [-0.25, -0.2) is 0 Å². The number of likely N-dealkylation sites (N-methyl/N-ethyl adjacent to an activating group) is 1. The smallest absolute Gasteiger partial charge is 0.184 e. The molecule has 126 valence electrons. The summed E-state index contributed by atoms with van der Waals surface area (Å²) in [6, 6.07) is 9.97. The number of rotatable bonds is 4. The summed E-state index contributed by atoms with van der Waals surface area (Å²) in [5.74, 6) is 0.763. The molecule has 1 aromatic carbocycles. The van der Waals surface area contributed by atoms with Crippen LogP contribution in [0, 0.1) is 0 Å². The fourth-order valence-electron chi connectivity index (χ4n) is 3.13. The molecule has 6 heteroatoms. The third-order valence-corrected chi connectivity index (χ3v) is 4.36. The third kappa shape index (κ3) is 3.40. The van der Waals surface area contributed by atoms with Gasteiger partial charge in [0.2, 0.25) is 0 Å². The van der Waals surface area contributed by atoms with E-state index >= 15 is 0 Å². The Hall–Kier alpha value is -2.02. The van der Waals surface area contributed by atoms with E-state index in [0.29, 0.717) is 13.2 Å². The topological polar surface area (TPSA) is 56.7 Å². The third-order valence-electron chi connectivity index (χ3n) is 4.36. The van der Waals surface area contributed by atoms with E-state index in [0.717, 1.165) is 42.1 Å². The van der Waals surface area contributed by atoms with E-state index in [9.17, 15) is 0 Å². The first-order valence-electron chi connectivity index (χ1n) is 8.29. The SMILES string of the molecule is CN1CC[C@H](Oc2cnnc(-c3cccc(C4OCCO4)c3)c2)C1. The molecule has 2 aliphatic heterocycles. The molecule has 2 fully saturated rings. The summed E-state index contributed by atoms with van der Waals surface area (Å²) < 4.78 is 17.2. The van der Waals surface area contributed by atoms with Crippen molar-refractivity contribution in [2.75, 3.05) is 33.4 Å². The summed E-state index contributed by atoms with van der Waals surface area (Å²) in [6.45, 7) is 3.28. The normalized spacial score (nSPS) is 22.1. The first kappa shape index (κ1) is 15.5. The van der Waals surface area contributed by atoms with Crippen molar-refractivity contribution in [3.05, 3.63) is 42.1 Å². The number of aromatic nitrogens is 2. The van der Waals surface area contributed by atoms with Crippen molar-refractivity contribution in [1.29, 1.82) is 0 Å². The van der Waals surface area contributed by atoms with E-state index in [1.54, 1.807) is 6.20 Å². The minimum absolute atomic E-state index is 0.221. The van der Waals surface area contributed by atoms with Gasteiger partial charge in [-0.15, -0.1) is 0 Å². The van der Waals surface area contributed by atoms with Crippen LogP contribution in [0.4, 0.5) is 0 Å². The minimum atomic E-state index is -0.286. The number of hydrogen-bond donors (Lipinski definition) is 0. The van der Waals surface area contributed by atoms with Crippen molar-refractivity contribution in [3.63, 3.8) is 0 Å². The Bertz CT molecular complexity index is 703. The van der Waals surface area contributed by atoms with Crippen LogP contribution in [-0.4, -0.2) is 54.6 Å². The maximum absolute atomic E-state index is 6.04. The van der Waals surface area contributed by atoms with Gasteiger partial charge in [0.25, 0.3) is 0 Å². The van der Waals surface area contributed by atoms with Gasteiger partial charge in [-0.3, -0.25) is 0 Å². The van der Waals surface area contributed by atoms with E-state index in [2.05, 4.69) is 22.1 Å². The van der Waals surface area contributed by atoms with Crippen LogP contribution in [0.1, 0.15) is 18.3 Å². The molecular formula is C18H21N3O3. The molecule has 24 heavy (non-hydrogen) atoms. The molecule has 0 saturated carbocycles. The lowest BCUT2D eigenvalue weighted by Gasteiger charge is -2.14. The lowest BCUT2D eigenvalue weighted by Crippen LogP contribution is -2.21. The molecule has 0 aliphatic carbocycles. The second-order valence-corrected chi connectivity index (χ2v) is 6.27. The Balaban J connectivity index is 1.53. The van der Waals surface area contributed by atoms with Crippen LogP contribution >= 0.6 is 0 Å². The minimum Gasteiger partial charge on any atom is -0.487 e. The van der Waals surface area contributed by atoms with Gasteiger partial charge in [0.1, 0.15) is 11.9 Å². The first-order chi connectivity index (χ1) is 11.8. The largest absolute Gasteiger partial charge is 0.487 e. The van der Waals surface area contributed by atoms with Crippen molar-refractivity contribution in [3.8, 4) is 17.0 Å². The summed E-state index contributed by atoms with van der Waals surface area (Å²) in [5.41, 5.74) is 2.77. The molecule has 6 nitrogen and oxygen atoms in total. The number of ether oxygens (including phenoxy) is 3. The maximum atomic E-state index is 6.04. The number of likely N-dealkylation sites (tertiary alicyclic amines) is 1.